The van der Waals surface area contributed by atoms with E-state index in [1.165, 1.54) is 22.0 Å². The number of hydrogen-bond acceptors (Lipinski definition) is 6. The fourth-order valence-corrected chi connectivity index (χ4v) is 5.75. The van der Waals surface area contributed by atoms with Crippen LogP contribution in [-0.2, 0) is 10.0 Å². The van der Waals surface area contributed by atoms with Crippen molar-refractivity contribution in [3.05, 3.63) is 34.5 Å². The maximum Gasteiger partial charge on any atom is 0.252 e. The van der Waals surface area contributed by atoms with Crippen LogP contribution >= 0.6 is 27.3 Å². The van der Waals surface area contributed by atoms with Crippen LogP contribution in [0.25, 0.3) is 0 Å². The van der Waals surface area contributed by atoms with Crippen LogP contribution in [0.2, 0.25) is 0 Å². The zero-order chi connectivity index (χ0) is 14.9. The van der Waals surface area contributed by atoms with Crippen molar-refractivity contribution in [2.24, 2.45) is 0 Å². The lowest BCUT2D eigenvalue weighted by Gasteiger charge is -2.15. The first kappa shape index (κ1) is 14.9. The lowest BCUT2D eigenvalue weighted by Crippen LogP contribution is -2.30. The Morgan fingerprint density at radius 2 is 2.24 bits per heavy atom. The number of aromatic nitrogens is 2. The molecule has 0 aliphatic carbocycles. The molecule has 1 atom stereocenters. The van der Waals surface area contributed by atoms with Crippen LogP contribution in [0.15, 0.2) is 38.7 Å². The van der Waals surface area contributed by atoms with Crippen LogP contribution < -0.4 is 4.74 Å². The summed E-state index contributed by atoms with van der Waals surface area (Å²) in [5.74, 6) is 0.466. The topological polar surface area (TPSA) is 72.4 Å². The van der Waals surface area contributed by atoms with Gasteiger partial charge in [0.2, 0.25) is 5.88 Å². The molecule has 112 valence electrons. The van der Waals surface area contributed by atoms with E-state index in [9.17, 15) is 8.42 Å². The molecule has 3 rings (SSSR count). The predicted molar refractivity (Wildman–Crippen MR) is 81.8 cm³/mol. The number of hydrogen-bond donors (Lipinski definition) is 0. The molecular weight excluding hydrogens is 378 g/mol. The van der Waals surface area contributed by atoms with Gasteiger partial charge in [-0.15, -0.1) is 11.3 Å². The van der Waals surface area contributed by atoms with Crippen molar-refractivity contribution >= 4 is 37.3 Å². The van der Waals surface area contributed by atoms with Gasteiger partial charge in [-0.2, -0.15) is 4.31 Å². The molecule has 0 amide bonds. The molecular formula is C12H12BrN3O3S2. The summed E-state index contributed by atoms with van der Waals surface area (Å²) in [5.41, 5.74) is 0. The Labute approximate surface area is 135 Å². The third kappa shape index (κ3) is 3.25. The van der Waals surface area contributed by atoms with Gasteiger partial charge in [-0.05, 0) is 34.5 Å². The van der Waals surface area contributed by atoms with Crippen molar-refractivity contribution in [1.29, 1.82) is 0 Å². The minimum Gasteiger partial charge on any atom is -0.473 e. The Morgan fingerprint density at radius 1 is 1.38 bits per heavy atom. The zero-order valence-electron chi connectivity index (χ0n) is 10.8. The monoisotopic (exact) mass is 389 g/mol. The Hall–Kier alpha value is -1.03. The van der Waals surface area contributed by atoms with E-state index in [2.05, 4.69) is 25.9 Å². The Morgan fingerprint density at radius 3 is 2.90 bits per heavy atom. The number of rotatable bonds is 4. The highest BCUT2D eigenvalue weighted by Gasteiger charge is 2.34. The largest absolute Gasteiger partial charge is 0.473 e. The molecule has 0 spiro atoms. The maximum atomic E-state index is 12.5. The first-order chi connectivity index (χ1) is 10.1. The van der Waals surface area contributed by atoms with Gasteiger partial charge >= 0.3 is 0 Å². The molecule has 6 nitrogen and oxygen atoms in total. The van der Waals surface area contributed by atoms with Gasteiger partial charge in [-0.1, -0.05) is 0 Å². The molecule has 0 unspecified atom stereocenters. The standard InChI is InChI=1S/C12H12BrN3O3S2/c13-10-1-2-12(20-10)21(17,18)16-6-4-9(7-16)19-11-3-5-14-8-15-11/h1-3,5,8-9H,4,6-7H2/t9-/m0/s1. The number of thiophene rings is 1. The van der Waals surface area contributed by atoms with Crippen LogP contribution in [0.5, 0.6) is 5.88 Å². The predicted octanol–water partition coefficient (Wildman–Crippen LogP) is 2.14. The average Bonchev–Trinajstić information content (AvgIpc) is 3.10. The van der Waals surface area contributed by atoms with E-state index >= 15 is 0 Å². The Balaban J connectivity index is 1.69. The van der Waals surface area contributed by atoms with Gasteiger partial charge in [-0.25, -0.2) is 18.4 Å². The second-order valence-electron chi connectivity index (χ2n) is 4.50. The Bertz CT molecular complexity index is 720. The summed E-state index contributed by atoms with van der Waals surface area (Å²) in [4.78, 5) is 7.80. The zero-order valence-corrected chi connectivity index (χ0v) is 14.1. The summed E-state index contributed by atoms with van der Waals surface area (Å²) >= 11 is 4.50. The fourth-order valence-electron chi connectivity index (χ4n) is 2.09. The van der Waals surface area contributed by atoms with Crippen molar-refractivity contribution in [2.75, 3.05) is 13.1 Å². The fraction of sp³-hybridized carbons (Fsp3) is 0.333. The molecule has 0 N–H and O–H groups in total. The second kappa shape index (κ2) is 5.99. The molecule has 0 radical (unpaired) electrons. The third-order valence-corrected chi connectivity index (χ3v) is 7.05. The van der Waals surface area contributed by atoms with E-state index < -0.39 is 10.0 Å². The average molecular weight is 390 g/mol. The number of ether oxygens (including phenoxy) is 1. The highest BCUT2D eigenvalue weighted by atomic mass is 79.9. The number of halogens is 1. The van der Waals surface area contributed by atoms with Crippen molar-refractivity contribution < 1.29 is 13.2 Å². The van der Waals surface area contributed by atoms with Gasteiger partial charge in [0.15, 0.2) is 0 Å². The summed E-state index contributed by atoms with van der Waals surface area (Å²) in [6, 6.07) is 5.01. The van der Waals surface area contributed by atoms with Crippen molar-refractivity contribution in [3.63, 3.8) is 0 Å². The molecule has 21 heavy (non-hydrogen) atoms. The molecule has 1 aliphatic rings. The minimum atomic E-state index is -3.43. The highest BCUT2D eigenvalue weighted by Crippen LogP contribution is 2.30. The first-order valence-electron chi connectivity index (χ1n) is 6.24. The Kier molecular flexibility index (Phi) is 4.25. The van der Waals surface area contributed by atoms with Gasteiger partial charge in [0.05, 0.1) is 10.3 Å². The van der Waals surface area contributed by atoms with Gasteiger partial charge in [0, 0.05) is 18.8 Å². The maximum absolute atomic E-state index is 12.5. The quantitative estimate of drug-likeness (QED) is 0.800. The summed E-state index contributed by atoms with van der Waals surface area (Å²) in [7, 11) is -3.43. The summed E-state index contributed by atoms with van der Waals surface area (Å²) in [5, 5.41) is 0. The first-order valence-corrected chi connectivity index (χ1v) is 9.29. The highest BCUT2D eigenvalue weighted by molar-refractivity contribution is 9.11. The van der Waals surface area contributed by atoms with Crippen LogP contribution in [0.3, 0.4) is 0 Å². The smallest absolute Gasteiger partial charge is 0.252 e. The summed E-state index contributed by atoms with van der Waals surface area (Å²) in [6.45, 7) is 0.787. The van der Waals surface area contributed by atoms with Crippen LogP contribution in [0.1, 0.15) is 6.42 Å². The normalized spacial score (nSPS) is 19.8. The van der Waals surface area contributed by atoms with E-state index in [4.69, 9.17) is 4.74 Å². The third-order valence-electron chi connectivity index (χ3n) is 3.09. The molecule has 3 heterocycles. The molecule has 1 saturated heterocycles. The summed E-state index contributed by atoms with van der Waals surface area (Å²) in [6.07, 6.45) is 3.46. The van der Waals surface area contributed by atoms with Gasteiger partial charge < -0.3 is 4.74 Å². The van der Waals surface area contributed by atoms with Gasteiger partial charge in [0.25, 0.3) is 10.0 Å². The number of nitrogens with zero attached hydrogens (tertiary/aromatic N) is 3. The second-order valence-corrected chi connectivity index (χ2v) is 9.13. The molecule has 9 heteroatoms. The van der Waals surface area contributed by atoms with Gasteiger partial charge in [-0.3, -0.25) is 0 Å². The lowest BCUT2D eigenvalue weighted by molar-refractivity contribution is 0.206. The molecule has 0 aromatic carbocycles. The van der Waals surface area contributed by atoms with E-state index in [1.807, 2.05) is 0 Å². The van der Waals surface area contributed by atoms with Crippen LogP contribution in [0, 0.1) is 0 Å². The van der Waals surface area contributed by atoms with E-state index in [0.717, 1.165) is 3.79 Å². The molecule has 1 fully saturated rings. The SMILES string of the molecule is O=S(=O)(c1ccc(Br)s1)N1CC[C@H](Oc2ccncn2)C1. The van der Waals surface area contributed by atoms with Crippen molar-refractivity contribution in [2.45, 2.75) is 16.7 Å². The summed E-state index contributed by atoms with van der Waals surface area (Å²) < 4.78 is 33.2. The van der Waals surface area contributed by atoms with Crippen molar-refractivity contribution in [3.8, 4) is 5.88 Å². The minimum absolute atomic E-state index is 0.182. The lowest BCUT2D eigenvalue weighted by atomic mass is 10.3. The number of sulfonamides is 1. The molecule has 2 aromatic heterocycles. The van der Waals surface area contributed by atoms with Crippen molar-refractivity contribution in [1.82, 2.24) is 14.3 Å². The van der Waals surface area contributed by atoms with E-state index in [-0.39, 0.29) is 6.10 Å². The van der Waals surface area contributed by atoms with Crippen LogP contribution in [-0.4, -0.2) is 41.9 Å². The molecule has 0 saturated carbocycles. The molecule has 2 aromatic rings. The van der Waals surface area contributed by atoms with Gasteiger partial charge in [0.1, 0.15) is 16.6 Å². The molecule has 0 bridgehead atoms. The van der Waals surface area contributed by atoms with Crippen LogP contribution in [0.4, 0.5) is 0 Å². The molecule has 1 aliphatic heterocycles. The van der Waals surface area contributed by atoms with E-state index in [0.29, 0.717) is 29.6 Å². The van der Waals surface area contributed by atoms with E-state index in [1.54, 1.807) is 24.4 Å².